The molecule has 0 atom stereocenters. The van der Waals surface area contributed by atoms with Crippen LogP contribution in [0.3, 0.4) is 0 Å². The van der Waals surface area contributed by atoms with E-state index in [1.54, 1.807) is 0 Å². The molecule has 1 heterocycles. The van der Waals surface area contributed by atoms with Gasteiger partial charge in [-0.1, -0.05) is 17.7 Å². The first kappa shape index (κ1) is 17.6. The molecule has 2 aromatic carbocycles. The number of hydrazine groups is 1. The molecule has 5 nitrogen and oxygen atoms in total. The Kier molecular flexibility index (Phi) is 4.99. The van der Waals surface area contributed by atoms with Gasteiger partial charge in [0.05, 0.1) is 5.56 Å². The second-order valence-corrected chi connectivity index (χ2v) is 5.61. The van der Waals surface area contributed by atoms with E-state index < -0.39 is 23.4 Å². The van der Waals surface area contributed by atoms with Crippen LogP contribution in [0.1, 0.15) is 20.9 Å². The summed E-state index contributed by atoms with van der Waals surface area (Å²) in [5.41, 5.74) is 4.25. The first-order chi connectivity index (χ1) is 12.5. The van der Waals surface area contributed by atoms with Crippen LogP contribution >= 0.6 is 11.6 Å². The quantitative estimate of drug-likeness (QED) is 0.680. The van der Waals surface area contributed by atoms with Gasteiger partial charge in [0.1, 0.15) is 17.4 Å². The number of furan rings is 1. The molecule has 0 aliphatic carbocycles. The highest BCUT2D eigenvalue weighted by Crippen LogP contribution is 2.27. The van der Waals surface area contributed by atoms with Crippen molar-refractivity contribution in [1.82, 2.24) is 10.9 Å². The molecule has 0 aliphatic heterocycles. The standard InChI is InChI=1S/C18H11ClF2N2O3/c19-11-6-4-10(5-7-11)17(24)22-23-18(25)15-9-8-14(26-15)16-12(20)2-1-3-13(16)21/h1-9H,(H,22,24)(H,23,25). The van der Waals surface area contributed by atoms with Crippen molar-refractivity contribution in [2.45, 2.75) is 0 Å². The van der Waals surface area contributed by atoms with E-state index in [1.165, 1.54) is 42.5 Å². The van der Waals surface area contributed by atoms with Gasteiger partial charge in [-0.15, -0.1) is 0 Å². The Labute approximate surface area is 151 Å². The molecule has 2 amide bonds. The van der Waals surface area contributed by atoms with Gasteiger partial charge in [0, 0.05) is 10.6 Å². The molecule has 26 heavy (non-hydrogen) atoms. The number of hydrogen-bond donors (Lipinski definition) is 2. The van der Waals surface area contributed by atoms with Gasteiger partial charge in [0.25, 0.3) is 5.91 Å². The molecule has 0 unspecified atom stereocenters. The van der Waals surface area contributed by atoms with Crippen LogP contribution in [-0.4, -0.2) is 11.8 Å². The van der Waals surface area contributed by atoms with Gasteiger partial charge < -0.3 is 4.42 Å². The molecule has 3 aromatic rings. The molecule has 0 radical (unpaired) electrons. The summed E-state index contributed by atoms with van der Waals surface area (Å²) in [6.07, 6.45) is 0. The molecule has 3 rings (SSSR count). The SMILES string of the molecule is O=C(NNC(=O)c1ccc(-c2c(F)cccc2F)o1)c1ccc(Cl)cc1. The number of nitrogens with one attached hydrogen (secondary N) is 2. The number of halogens is 3. The van der Waals surface area contributed by atoms with Gasteiger partial charge in [-0.3, -0.25) is 20.4 Å². The molecule has 8 heteroatoms. The lowest BCUT2D eigenvalue weighted by molar-refractivity contribution is 0.0831. The molecule has 132 valence electrons. The van der Waals surface area contributed by atoms with Gasteiger partial charge >= 0.3 is 5.91 Å². The van der Waals surface area contributed by atoms with E-state index in [2.05, 4.69) is 10.9 Å². The summed E-state index contributed by atoms with van der Waals surface area (Å²) in [5, 5.41) is 0.467. The fraction of sp³-hybridized carbons (Fsp3) is 0. The van der Waals surface area contributed by atoms with E-state index in [1.807, 2.05) is 0 Å². The Morgan fingerprint density at radius 1 is 0.846 bits per heavy atom. The number of rotatable bonds is 3. The second-order valence-electron chi connectivity index (χ2n) is 5.18. The molecule has 0 saturated heterocycles. The highest BCUT2D eigenvalue weighted by molar-refractivity contribution is 6.30. The summed E-state index contributed by atoms with van der Waals surface area (Å²) in [7, 11) is 0. The fourth-order valence-corrected chi connectivity index (χ4v) is 2.30. The van der Waals surface area contributed by atoms with Gasteiger partial charge in [-0.2, -0.15) is 0 Å². The summed E-state index contributed by atoms with van der Waals surface area (Å²) in [6.45, 7) is 0. The summed E-state index contributed by atoms with van der Waals surface area (Å²) < 4.78 is 32.7. The van der Waals surface area contributed by atoms with Crippen LogP contribution < -0.4 is 10.9 Å². The average Bonchev–Trinajstić information content (AvgIpc) is 3.09. The van der Waals surface area contributed by atoms with Gasteiger partial charge in [-0.05, 0) is 48.5 Å². The van der Waals surface area contributed by atoms with E-state index in [9.17, 15) is 18.4 Å². The third-order valence-electron chi connectivity index (χ3n) is 3.43. The maximum absolute atomic E-state index is 13.7. The van der Waals surface area contributed by atoms with E-state index >= 15 is 0 Å². The topological polar surface area (TPSA) is 71.3 Å². The lowest BCUT2D eigenvalue weighted by atomic mass is 10.1. The highest BCUT2D eigenvalue weighted by atomic mass is 35.5. The smallest absolute Gasteiger partial charge is 0.305 e. The van der Waals surface area contributed by atoms with Crippen molar-refractivity contribution < 1.29 is 22.8 Å². The zero-order valence-corrected chi connectivity index (χ0v) is 13.8. The third-order valence-corrected chi connectivity index (χ3v) is 3.69. The summed E-state index contributed by atoms with van der Waals surface area (Å²) in [6, 6.07) is 11.9. The lowest BCUT2D eigenvalue weighted by Gasteiger charge is -2.06. The molecular weight excluding hydrogens is 366 g/mol. The molecule has 2 N–H and O–H groups in total. The lowest BCUT2D eigenvalue weighted by Crippen LogP contribution is -2.41. The number of carbonyl (C=O) groups excluding carboxylic acids is 2. The number of benzene rings is 2. The van der Waals surface area contributed by atoms with E-state index in [4.69, 9.17) is 16.0 Å². The van der Waals surface area contributed by atoms with E-state index in [0.717, 1.165) is 12.1 Å². The minimum Gasteiger partial charge on any atom is -0.451 e. The van der Waals surface area contributed by atoms with E-state index in [0.29, 0.717) is 5.02 Å². The normalized spacial score (nSPS) is 10.4. The number of amides is 2. The van der Waals surface area contributed by atoms with Crippen LogP contribution in [0.5, 0.6) is 0 Å². The minimum absolute atomic E-state index is 0.144. The van der Waals surface area contributed by atoms with Gasteiger partial charge in [-0.25, -0.2) is 8.78 Å². The first-order valence-electron chi connectivity index (χ1n) is 7.36. The molecule has 0 fully saturated rings. The maximum atomic E-state index is 13.7. The van der Waals surface area contributed by atoms with Gasteiger partial charge in [0.2, 0.25) is 0 Å². The predicted molar refractivity (Wildman–Crippen MR) is 90.4 cm³/mol. The molecule has 1 aromatic heterocycles. The maximum Gasteiger partial charge on any atom is 0.305 e. The molecule has 0 bridgehead atoms. The zero-order valence-electron chi connectivity index (χ0n) is 13.1. The Hall–Kier alpha value is -3.19. The van der Waals surface area contributed by atoms with Crippen LogP contribution in [0.4, 0.5) is 8.78 Å². The molecule has 0 spiro atoms. The number of hydrogen-bond acceptors (Lipinski definition) is 3. The van der Waals surface area contributed by atoms with Crippen LogP contribution in [0, 0.1) is 11.6 Å². The Bertz CT molecular complexity index is 951. The van der Waals surface area contributed by atoms with Crippen LogP contribution in [-0.2, 0) is 0 Å². The predicted octanol–water partition coefficient (Wildman–Crippen LogP) is 3.95. The van der Waals surface area contributed by atoms with Crippen LogP contribution in [0.25, 0.3) is 11.3 Å². The van der Waals surface area contributed by atoms with Crippen molar-refractivity contribution in [2.75, 3.05) is 0 Å². The average molecular weight is 377 g/mol. The van der Waals surface area contributed by atoms with Crippen molar-refractivity contribution in [3.63, 3.8) is 0 Å². The van der Waals surface area contributed by atoms with Crippen LogP contribution in [0.15, 0.2) is 59.0 Å². The summed E-state index contributed by atoms with van der Waals surface area (Å²) >= 11 is 5.73. The molecule has 0 aliphatic rings. The summed E-state index contributed by atoms with van der Waals surface area (Å²) in [4.78, 5) is 23.9. The van der Waals surface area contributed by atoms with Crippen molar-refractivity contribution >= 4 is 23.4 Å². The highest BCUT2D eigenvalue weighted by Gasteiger charge is 2.18. The van der Waals surface area contributed by atoms with Crippen molar-refractivity contribution in [3.05, 3.63) is 82.6 Å². The minimum atomic E-state index is -0.817. The molecule has 0 saturated carbocycles. The Morgan fingerprint density at radius 3 is 2.12 bits per heavy atom. The zero-order chi connectivity index (χ0) is 18.7. The second kappa shape index (κ2) is 7.37. The molecular formula is C18H11ClF2N2O3. The van der Waals surface area contributed by atoms with E-state index in [-0.39, 0.29) is 22.6 Å². The van der Waals surface area contributed by atoms with Crippen molar-refractivity contribution in [1.29, 1.82) is 0 Å². The largest absolute Gasteiger partial charge is 0.451 e. The number of carbonyl (C=O) groups is 2. The fourth-order valence-electron chi connectivity index (χ4n) is 2.18. The first-order valence-corrected chi connectivity index (χ1v) is 7.74. The Morgan fingerprint density at radius 2 is 1.46 bits per heavy atom. The van der Waals surface area contributed by atoms with Crippen LogP contribution in [0.2, 0.25) is 5.02 Å². The van der Waals surface area contributed by atoms with Crippen molar-refractivity contribution in [2.24, 2.45) is 0 Å². The Balaban J connectivity index is 1.69. The van der Waals surface area contributed by atoms with Gasteiger partial charge in [0.15, 0.2) is 5.76 Å². The summed E-state index contributed by atoms with van der Waals surface area (Å²) in [5.74, 6) is -3.35. The van der Waals surface area contributed by atoms with Crippen molar-refractivity contribution in [3.8, 4) is 11.3 Å². The third kappa shape index (κ3) is 3.73. The monoisotopic (exact) mass is 376 g/mol.